The van der Waals surface area contributed by atoms with Crippen LogP contribution in [0.5, 0.6) is 0 Å². The maximum atomic E-state index is 12.7. The molecule has 1 aromatic carbocycles. The summed E-state index contributed by atoms with van der Waals surface area (Å²) < 4.78 is 0. The predicted molar refractivity (Wildman–Crippen MR) is 95.1 cm³/mol. The van der Waals surface area contributed by atoms with Gasteiger partial charge in [0.15, 0.2) is 0 Å². The number of carbonyl (C=O) groups excluding carboxylic acids is 3. The molecule has 1 aliphatic heterocycles. The minimum Gasteiger partial charge on any atom is -0.322 e. The first kappa shape index (κ1) is 17.2. The minimum atomic E-state index is -1.04. The van der Waals surface area contributed by atoms with E-state index in [0.29, 0.717) is 17.7 Å². The minimum absolute atomic E-state index is 0.449. The summed E-state index contributed by atoms with van der Waals surface area (Å²) >= 11 is 1.31. The van der Waals surface area contributed by atoms with Gasteiger partial charge in [0.1, 0.15) is 5.54 Å². The Bertz CT molecular complexity index is 818. The number of carbonyl (C=O) groups is 3. The predicted octanol–water partition coefficient (Wildman–Crippen LogP) is 2.64. The summed E-state index contributed by atoms with van der Waals surface area (Å²) in [6.07, 6.45) is 1.10. The molecule has 0 radical (unpaired) electrons. The van der Waals surface area contributed by atoms with Gasteiger partial charge in [-0.2, -0.15) is 5.01 Å². The highest BCUT2D eigenvalue weighted by Crippen LogP contribution is 2.23. The van der Waals surface area contributed by atoms with Crippen LogP contribution in [-0.2, 0) is 11.2 Å². The Balaban J connectivity index is 1.67. The Kier molecular flexibility index (Phi) is 4.59. The molecule has 25 heavy (non-hydrogen) atoms. The zero-order valence-electron chi connectivity index (χ0n) is 14.0. The Morgan fingerprint density at radius 2 is 1.92 bits per heavy atom. The maximum Gasteiger partial charge on any atom is 0.344 e. The van der Waals surface area contributed by atoms with Gasteiger partial charge in [0.25, 0.3) is 11.8 Å². The van der Waals surface area contributed by atoms with Crippen LogP contribution >= 0.6 is 11.3 Å². The molecule has 1 saturated heterocycles. The van der Waals surface area contributed by atoms with E-state index < -0.39 is 23.4 Å². The van der Waals surface area contributed by atoms with Crippen LogP contribution in [0.4, 0.5) is 4.79 Å². The fourth-order valence-electron chi connectivity index (χ4n) is 2.71. The Morgan fingerprint density at radius 1 is 1.20 bits per heavy atom. The summed E-state index contributed by atoms with van der Waals surface area (Å²) in [7, 11) is 0. The van der Waals surface area contributed by atoms with Crippen LogP contribution in [0.3, 0.4) is 0 Å². The van der Waals surface area contributed by atoms with Crippen molar-refractivity contribution in [2.75, 3.05) is 0 Å². The maximum absolute atomic E-state index is 12.7. The Morgan fingerprint density at radius 3 is 2.56 bits per heavy atom. The zero-order valence-corrected chi connectivity index (χ0v) is 14.9. The molecule has 1 unspecified atom stereocenters. The molecule has 1 aromatic heterocycles. The van der Waals surface area contributed by atoms with Crippen molar-refractivity contribution in [2.45, 2.75) is 32.2 Å². The van der Waals surface area contributed by atoms with Crippen molar-refractivity contribution in [3.63, 3.8) is 0 Å². The Hall–Kier alpha value is -2.67. The monoisotopic (exact) mass is 357 g/mol. The van der Waals surface area contributed by atoms with Crippen LogP contribution in [0.1, 0.15) is 33.5 Å². The number of hydrogen-bond donors (Lipinski definition) is 2. The molecular formula is C18H19N3O3S. The lowest BCUT2D eigenvalue weighted by atomic mass is 9.93. The molecule has 6 nitrogen and oxygen atoms in total. The summed E-state index contributed by atoms with van der Waals surface area (Å²) in [6.45, 7) is 3.56. The second-order valence-electron chi connectivity index (χ2n) is 6.24. The van der Waals surface area contributed by atoms with Gasteiger partial charge in [-0.15, -0.1) is 11.3 Å². The first-order valence-corrected chi connectivity index (χ1v) is 8.79. The number of rotatable bonds is 5. The average Bonchev–Trinajstić information content (AvgIpc) is 3.12. The number of aryl methyl sites for hydroxylation is 2. The van der Waals surface area contributed by atoms with Crippen molar-refractivity contribution in [3.05, 3.63) is 57.8 Å². The summed E-state index contributed by atoms with van der Waals surface area (Å²) in [6, 6.07) is 12.6. The molecule has 0 saturated carbocycles. The molecule has 4 amide bonds. The van der Waals surface area contributed by atoms with Crippen LogP contribution in [0.2, 0.25) is 0 Å². The normalized spacial score (nSPS) is 19.8. The molecule has 2 N–H and O–H groups in total. The first-order chi connectivity index (χ1) is 11.9. The SMILES string of the molecule is Cc1ccc(C(=O)NN2C(=O)NC(C)(CCc3ccccc3)C2=O)s1. The van der Waals surface area contributed by atoms with Gasteiger partial charge >= 0.3 is 6.03 Å². The first-order valence-electron chi connectivity index (χ1n) is 7.97. The van der Waals surface area contributed by atoms with Gasteiger partial charge in [0, 0.05) is 4.88 Å². The molecule has 1 fully saturated rings. The van der Waals surface area contributed by atoms with Crippen molar-refractivity contribution in [3.8, 4) is 0 Å². The second kappa shape index (κ2) is 6.68. The third kappa shape index (κ3) is 3.56. The van der Waals surface area contributed by atoms with E-state index in [4.69, 9.17) is 0 Å². The van der Waals surface area contributed by atoms with Gasteiger partial charge in [0.2, 0.25) is 0 Å². The van der Waals surface area contributed by atoms with E-state index in [0.717, 1.165) is 15.4 Å². The number of hydrogen-bond acceptors (Lipinski definition) is 4. The molecule has 3 rings (SSSR count). The topological polar surface area (TPSA) is 78.5 Å². The summed E-state index contributed by atoms with van der Waals surface area (Å²) in [5.74, 6) is -0.913. The number of nitrogens with zero attached hydrogens (tertiary/aromatic N) is 1. The van der Waals surface area contributed by atoms with Gasteiger partial charge in [-0.05, 0) is 44.4 Å². The van der Waals surface area contributed by atoms with Gasteiger partial charge in [-0.25, -0.2) is 4.79 Å². The standard InChI is InChI=1S/C18H19N3O3S/c1-12-8-9-14(25-12)15(22)20-21-16(23)18(2,19-17(21)24)11-10-13-6-4-3-5-7-13/h3-9H,10-11H2,1-2H3,(H,19,24)(H,20,22). The summed E-state index contributed by atoms with van der Waals surface area (Å²) in [4.78, 5) is 38.5. The third-order valence-electron chi connectivity index (χ3n) is 4.20. The van der Waals surface area contributed by atoms with Crippen LogP contribution in [-0.4, -0.2) is 28.4 Å². The van der Waals surface area contributed by atoms with E-state index in [-0.39, 0.29) is 0 Å². The van der Waals surface area contributed by atoms with Crippen molar-refractivity contribution < 1.29 is 14.4 Å². The average molecular weight is 357 g/mol. The molecule has 0 aliphatic carbocycles. The molecular weight excluding hydrogens is 338 g/mol. The number of urea groups is 1. The zero-order chi connectivity index (χ0) is 18.0. The lowest BCUT2D eigenvalue weighted by Crippen LogP contribution is -2.48. The Labute approximate surface area is 149 Å². The molecule has 0 bridgehead atoms. The fourth-order valence-corrected chi connectivity index (χ4v) is 3.46. The molecule has 7 heteroatoms. The molecule has 0 spiro atoms. The lowest BCUT2D eigenvalue weighted by molar-refractivity contribution is -0.132. The van der Waals surface area contributed by atoms with Crippen LogP contribution in [0.25, 0.3) is 0 Å². The third-order valence-corrected chi connectivity index (χ3v) is 5.19. The van der Waals surface area contributed by atoms with E-state index in [1.54, 1.807) is 13.0 Å². The quantitative estimate of drug-likeness (QED) is 0.808. The van der Waals surface area contributed by atoms with Crippen molar-refractivity contribution in [2.24, 2.45) is 0 Å². The van der Waals surface area contributed by atoms with Crippen molar-refractivity contribution in [1.29, 1.82) is 0 Å². The van der Waals surface area contributed by atoms with E-state index >= 15 is 0 Å². The number of amides is 4. The largest absolute Gasteiger partial charge is 0.344 e. The summed E-state index contributed by atoms with van der Waals surface area (Å²) in [5, 5.41) is 3.47. The highest BCUT2D eigenvalue weighted by molar-refractivity contribution is 7.13. The van der Waals surface area contributed by atoms with Gasteiger partial charge in [-0.3, -0.25) is 15.0 Å². The van der Waals surface area contributed by atoms with Crippen LogP contribution in [0, 0.1) is 6.92 Å². The van der Waals surface area contributed by atoms with E-state index in [1.165, 1.54) is 11.3 Å². The van der Waals surface area contributed by atoms with Crippen molar-refractivity contribution in [1.82, 2.24) is 15.8 Å². The van der Waals surface area contributed by atoms with Gasteiger partial charge in [-0.1, -0.05) is 30.3 Å². The molecule has 1 atom stereocenters. The molecule has 1 aliphatic rings. The number of benzene rings is 1. The van der Waals surface area contributed by atoms with Crippen molar-refractivity contribution >= 4 is 29.2 Å². The van der Waals surface area contributed by atoms with Crippen LogP contribution < -0.4 is 10.7 Å². The van der Waals surface area contributed by atoms with E-state index in [9.17, 15) is 14.4 Å². The highest BCUT2D eigenvalue weighted by atomic mass is 32.1. The fraction of sp³-hybridized carbons (Fsp3) is 0.278. The van der Waals surface area contributed by atoms with E-state index in [2.05, 4.69) is 10.7 Å². The number of thiophene rings is 1. The molecule has 2 heterocycles. The number of imide groups is 1. The molecule has 2 aromatic rings. The highest BCUT2D eigenvalue weighted by Gasteiger charge is 2.48. The van der Waals surface area contributed by atoms with Gasteiger partial charge < -0.3 is 5.32 Å². The number of hydrazine groups is 1. The lowest BCUT2D eigenvalue weighted by Gasteiger charge is -2.21. The summed E-state index contributed by atoms with van der Waals surface area (Å²) in [5.41, 5.74) is 2.45. The van der Waals surface area contributed by atoms with Gasteiger partial charge in [0.05, 0.1) is 4.88 Å². The number of nitrogens with one attached hydrogen (secondary N) is 2. The van der Waals surface area contributed by atoms with Crippen LogP contribution in [0.15, 0.2) is 42.5 Å². The molecule has 130 valence electrons. The van der Waals surface area contributed by atoms with E-state index in [1.807, 2.05) is 43.3 Å². The smallest absolute Gasteiger partial charge is 0.322 e. The second-order valence-corrected chi connectivity index (χ2v) is 7.53.